The van der Waals surface area contributed by atoms with Gasteiger partial charge in [-0.3, -0.25) is 0 Å². The molecule has 1 heterocycles. The number of rotatable bonds is 3. The van der Waals surface area contributed by atoms with Crippen LogP contribution in [0.2, 0.25) is 10.0 Å². The van der Waals surface area contributed by atoms with Crippen LogP contribution in [0.1, 0.15) is 42.6 Å². The predicted octanol–water partition coefficient (Wildman–Crippen LogP) is 5.31. The Balaban J connectivity index is 1.99. The van der Waals surface area contributed by atoms with Gasteiger partial charge in [-0.2, -0.15) is 13.2 Å². The van der Waals surface area contributed by atoms with Crippen LogP contribution in [0.5, 0.6) is 0 Å². The molecule has 3 rings (SSSR count). The summed E-state index contributed by atoms with van der Waals surface area (Å²) in [6, 6.07) is 5.21. The highest BCUT2D eigenvalue weighted by Gasteiger charge is 2.61. The van der Waals surface area contributed by atoms with E-state index >= 15 is 0 Å². The zero-order valence-electron chi connectivity index (χ0n) is 13.0. The molecule has 1 saturated carbocycles. The standard InChI is InChI=1S/C16H16Cl2F3N3/c1-15(2)11(7-3-8(17)5-9(18)4-7)12(15)13-10(6-16(19,20)21)23-14(22)24-13/h3-5,11-12H,6H2,1-2H3,(H3,22,23,24)/t11-,12+/m1/s1. The first-order chi connectivity index (χ1) is 11.0. The van der Waals surface area contributed by atoms with Crippen molar-refractivity contribution in [2.75, 3.05) is 5.73 Å². The molecule has 2 aromatic rings. The number of aromatic nitrogens is 2. The fourth-order valence-electron chi connectivity index (χ4n) is 3.56. The molecule has 3 nitrogen and oxygen atoms in total. The minimum absolute atomic E-state index is 0.00479. The number of H-pyrrole nitrogens is 1. The maximum atomic E-state index is 12.8. The van der Waals surface area contributed by atoms with Crippen LogP contribution >= 0.6 is 23.2 Å². The lowest BCUT2D eigenvalue weighted by atomic mass is 10.0. The molecule has 2 atom stereocenters. The number of nitrogens with zero attached hydrogens (tertiary/aromatic N) is 1. The van der Waals surface area contributed by atoms with Gasteiger partial charge in [0.1, 0.15) is 0 Å². The summed E-state index contributed by atoms with van der Waals surface area (Å²) in [4.78, 5) is 6.68. The van der Waals surface area contributed by atoms with E-state index in [4.69, 9.17) is 28.9 Å². The first-order valence-corrected chi connectivity index (χ1v) is 8.11. The molecular weight excluding hydrogens is 362 g/mol. The summed E-state index contributed by atoms with van der Waals surface area (Å²) >= 11 is 12.1. The first-order valence-electron chi connectivity index (χ1n) is 7.36. The van der Waals surface area contributed by atoms with Crippen molar-refractivity contribution < 1.29 is 13.2 Å². The number of nitrogen functional groups attached to an aromatic ring is 1. The van der Waals surface area contributed by atoms with Gasteiger partial charge in [0, 0.05) is 21.7 Å². The molecule has 0 aliphatic heterocycles. The lowest BCUT2D eigenvalue weighted by Crippen LogP contribution is -2.13. The van der Waals surface area contributed by atoms with Gasteiger partial charge < -0.3 is 10.7 Å². The van der Waals surface area contributed by atoms with Gasteiger partial charge in [-0.15, -0.1) is 0 Å². The highest BCUT2D eigenvalue weighted by Crippen LogP contribution is 2.70. The van der Waals surface area contributed by atoms with Gasteiger partial charge in [0.2, 0.25) is 0 Å². The molecule has 1 aliphatic rings. The summed E-state index contributed by atoms with van der Waals surface area (Å²) < 4.78 is 38.4. The predicted molar refractivity (Wildman–Crippen MR) is 88.5 cm³/mol. The Hall–Kier alpha value is -1.40. The molecule has 130 valence electrons. The van der Waals surface area contributed by atoms with E-state index in [-0.39, 0.29) is 28.9 Å². The average molecular weight is 378 g/mol. The number of hydrogen-bond acceptors (Lipinski definition) is 2. The van der Waals surface area contributed by atoms with Crippen LogP contribution in [0.25, 0.3) is 0 Å². The van der Waals surface area contributed by atoms with Crippen LogP contribution in [0.15, 0.2) is 18.2 Å². The Bertz CT molecular complexity index is 763. The zero-order chi connectivity index (χ0) is 17.9. The van der Waals surface area contributed by atoms with Crippen molar-refractivity contribution in [3.63, 3.8) is 0 Å². The quantitative estimate of drug-likeness (QED) is 0.761. The lowest BCUT2D eigenvalue weighted by Gasteiger charge is -2.07. The molecular formula is C16H16Cl2F3N3. The van der Waals surface area contributed by atoms with Gasteiger partial charge in [0.15, 0.2) is 5.95 Å². The summed E-state index contributed by atoms with van der Waals surface area (Å²) in [6.45, 7) is 3.97. The number of halogens is 5. The number of hydrogen-bond donors (Lipinski definition) is 2. The molecule has 1 aromatic heterocycles. The molecule has 3 N–H and O–H groups in total. The fraction of sp³-hybridized carbons (Fsp3) is 0.438. The van der Waals surface area contributed by atoms with Gasteiger partial charge >= 0.3 is 6.18 Å². The largest absolute Gasteiger partial charge is 0.394 e. The Morgan fingerprint density at radius 1 is 1.17 bits per heavy atom. The monoisotopic (exact) mass is 377 g/mol. The van der Waals surface area contributed by atoms with E-state index in [2.05, 4.69) is 9.97 Å². The molecule has 0 bridgehead atoms. The number of nitrogens with one attached hydrogen (secondary N) is 1. The summed E-state index contributed by atoms with van der Waals surface area (Å²) in [7, 11) is 0. The minimum atomic E-state index is -4.33. The normalized spacial score (nSPS) is 22.6. The minimum Gasteiger partial charge on any atom is -0.369 e. The second-order valence-electron chi connectivity index (χ2n) is 6.76. The Morgan fingerprint density at radius 3 is 2.29 bits per heavy atom. The van der Waals surface area contributed by atoms with Crippen LogP contribution in [-0.4, -0.2) is 16.1 Å². The van der Waals surface area contributed by atoms with E-state index in [9.17, 15) is 13.2 Å². The topological polar surface area (TPSA) is 54.7 Å². The van der Waals surface area contributed by atoms with E-state index in [1.807, 2.05) is 13.8 Å². The van der Waals surface area contributed by atoms with Gasteiger partial charge in [-0.05, 0) is 35.1 Å². The number of anilines is 1. The van der Waals surface area contributed by atoms with Crippen LogP contribution in [0.3, 0.4) is 0 Å². The first kappa shape index (κ1) is 17.4. The number of aromatic amines is 1. The smallest absolute Gasteiger partial charge is 0.369 e. The molecule has 1 aliphatic carbocycles. The summed E-state index contributed by atoms with van der Waals surface area (Å²) in [5.41, 5.74) is 6.62. The fourth-order valence-corrected chi connectivity index (χ4v) is 4.10. The second kappa shape index (κ2) is 5.56. The maximum absolute atomic E-state index is 12.8. The maximum Gasteiger partial charge on any atom is 0.394 e. The molecule has 0 radical (unpaired) electrons. The van der Waals surface area contributed by atoms with E-state index < -0.39 is 12.6 Å². The molecule has 0 saturated heterocycles. The number of imidazole rings is 1. The molecule has 0 unspecified atom stereocenters. The Morgan fingerprint density at radius 2 is 1.75 bits per heavy atom. The van der Waals surface area contributed by atoms with Crippen LogP contribution in [0.4, 0.5) is 19.1 Å². The average Bonchev–Trinajstić information content (AvgIpc) is 2.77. The van der Waals surface area contributed by atoms with Crippen molar-refractivity contribution >= 4 is 29.2 Å². The summed E-state index contributed by atoms with van der Waals surface area (Å²) in [6.07, 6.45) is -5.41. The van der Waals surface area contributed by atoms with Crippen molar-refractivity contribution in [3.05, 3.63) is 45.2 Å². The molecule has 24 heavy (non-hydrogen) atoms. The third kappa shape index (κ3) is 3.22. The van der Waals surface area contributed by atoms with E-state index in [1.165, 1.54) is 0 Å². The summed E-state index contributed by atoms with van der Waals surface area (Å²) in [5, 5.41) is 0.993. The van der Waals surface area contributed by atoms with Gasteiger partial charge in [0.05, 0.1) is 12.1 Å². The van der Waals surface area contributed by atoms with Crippen molar-refractivity contribution in [2.45, 2.75) is 38.3 Å². The van der Waals surface area contributed by atoms with E-state index in [1.54, 1.807) is 18.2 Å². The van der Waals surface area contributed by atoms with Gasteiger partial charge in [-0.1, -0.05) is 37.0 Å². The van der Waals surface area contributed by atoms with Crippen molar-refractivity contribution in [3.8, 4) is 0 Å². The van der Waals surface area contributed by atoms with Crippen molar-refractivity contribution in [1.82, 2.24) is 9.97 Å². The second-order valence-corrected chi connectivity index (χ2v) is 7.63. The summed E-state index contributed by atoms with van der Waals surface area (Å²) in [5.74, 6) is -0.212. The zero-order valence-corrected chi connectivity index (χ0v) is 14.5. The molecule has 8 heteroatoms. The van der Waals surface area contributed by atoms with Crippen LogP contribution in [0, 0.1) is 5.41 Å². The number of alkyl halides is 3. The SMILES string of the molecule is CC1(C)[C@H](c2cc(Cl)cc(Cl)c2)[C@H]1c1nc(N)[nH]c1CC(F)(F)F. The van der Waals surface area contributed by atoms with Crippen molar-refractivity contribution in [1.29, 1.82) is 0 Å². The van der Waals surface area contributed by atoms with Gasteiger partial charge in [0.25, 0.3) is 0 Å². The Labute approximate surface area is 147 Å². The highest BCUT2D eigenvalue weighted by molar-refractivity contribution is 6.34. The molecule has 0 amide bonds. The number of benzene rings is 1. The van der Waals surface area contributed by atoms with E-state index in [0.717, 1.165) is 5.56 Å². The van der Waals surface area contributed by atoms with Crippen LogP contribution in [-0.2, 0) is 6.42 Å². The molecule has 1 fully saturated rings. The van der Waals surface area contributed by atoms with Crippen LogP contribution < -0.4 is 5.73 Å². The lowest BCUT2D eigenvalue weighted by molar-refractivity contribution is -0.127. The third-order valence-electron chi connectivity index (χ3n) is 4.57. The van der Waals surface area contributed by atoms with Gasteiger partial charge in [-0.25, -0.2) is 4.98 Å². The third-order valence-corrected chi connectivity index (χ3v) is 5.01. The number of nitrogens with two attached hydrogens (primary N) is 1. The molecule has 1 aromatic carbocycles. The van der Waals surface area contributed by atoms with E-state index in [0.29, 0.717) is 15.7 Å². The van der Waals surface area contributed by atoms with Crippen molar-refractivity contribution in [2.24, 2.45) is 5.41 Å². The highest BCUT2D eigenvalue weighted by atomic mass is 35.5. The molecule has 0 spiro atoms. The Kier molecular flexibility index (Phi) is 4.04.